The molecular weight excluding hydrogens is 505 g/mol. The molecule has 3 heterocycles. The molecule has 2 aliphatic heterocycles. The Kier molecular flexibility index (Phi) is 7.06. The lowest BCUT2D eigenvalue weighted by atomic mass is 9.85. The van der Waals surface area contributed by atoms with Crippen LogP contribution in [0.25, 0.3) is 0 Å². The molecule has 0 aliphatic carbocycles. The third kappa shape index (κ3) is 5.55. The molecule has 2 aliphatic rings. The van der Waals surface area contributed by atoms with Gasteiger partial charge >= 0.3 is 12.3 Å². The van der Waals surface area contributed by atoms with Crippen LogP contribution in [0.2, 0.25) is 0 Å². The number of likely N-dealkylation sites (tertiary alicyclic amines) is 1. The van der Waals surface area contributed by atoms with Gasteiger partial charge in [-0.15, -0.1) is 0 Å². The minimum absolute atomic E-state index is 0.113. The van der Waals surface area contributed by atoms with Crippen LogP contribution in [0.4, 0.5) is 29.5 Å². The minimum Gasteiger partial charge on any atom is -0.444 e. The zero-order valence-corrected chi connectivity index (χ0v) is 21.7. The Morgan fingerprint density at radius 3 is 2.29 bits per heavy atom. The molecule has 38 heavy (non-hydrogen) atoms. The smallest absolute Gasteiger partial charge is 0.435 e. The summed E-state index contributed by atoms with van der Waals surface area (Å²) < 4.78 is 45.4. The Balaban J connectivity index is 1.51. The molecule has 2 fully saturated rings. The van der Waals surface area contributed by atoms with Gasteiger partial charge < -0.3 is 24.8 Å². The molecule has 2 saturated heterocycles. The van der Waals surface area contributed by atoms with E-state index < -0.39 is 35.0 Å². The van der Waals surface area contributed by atoms with Gasteiger partial charge in [0, 0.05) is 31.9 Å². The van der Waals surface area contributed by atoms with Crippen molar-refractivity contribution in [2.45, 2.75) is 50.9 Å². The number of carbonyl (C=O) groups excluding carboxylic acids is 3. The highest BCUT2D eigenvalue weighted by molar-refractivity contribution is 5.99. The first kappa shape index (κ1) is 27.3. The number of carbonyl (C=O) groups is 3. The van der Waals surface area contributed by atoms with E-state index in [1.165, 1.54) is 11.9 Å². The summed E-state index contributed by atoms with van der Waals surface area (Å²) in [7, 11) is 1.29. The topological polar surface area (TPSA) is 100 Å². The number of benzene rings is 1. The Labute approximate surface area is 218 Å². The van der Waals surface area contributed by atoms with Crippen molar-refractivity contribution < 1.29 is 32.3 Å². The molecule has 0 atom stereocenters. The van der Waals surface area contributed by atoms with Crippen LogP contribution in [0.3, 0.4) is 0 Å². The van der Waals surface area contributed by atoms with Crippen LogP contribution >= 0.6 is 0 Å². The first-order valence-electron chi connectivity index (χ1n) is 12.2. The lowest BCUT2D eigenvalue weighted by Gasteiger charge is -2.43. The second-order valence-electron chi connectivity index (χ2n) is 10.5. The number of halogens is 3. The van der Waals surface area contributed by atoms with E-state index in [1.54, 1.807) is 25.7 Å². The predicted octanol–water partition coefficient (Wildman–Crippen LogP) is 3.45. The molecule has 1 spiro atoms. The maximum atomic E-state index is 13.8. The Hall–Kier alpha value is -3.77. The fraction of sp³-hybridized carbons (Fsp3) is 0.520. The lowest BCUT2D eigenvalue weighted by molar-refractivity contribution is -0.141. The summed E-state index contributed by atoms with van der Waals surface area (Å²) in [6.07, 6.45) is -4.44. The van der Waals surface area contributed by atoms with Crippen LogP contribution in [-0.4, -0.2) is 74.9 Å². The van der Waals surface area contributed by atoms with E-state index in [2.05, 4.69) is 10.4 Å². The largest absolute Gasteiger partial charge is 0.444 e. The SMILES string of the molecule is Cn1nc(C(F)(F)F)cc1NC(=O)CN1CN(c2ccccc2)C2(CCN(C(=O)OC(C)(C)C)CC2)C1=O. The number of aryl methyl sites for hydroxylation is 1. The van der Waals surface area contributed by atoms with E-state index in [-0.39, 0.29) is 24.9 Å². The summed E-state index contributed by atoms with van der Waals surface area (Å²) in [5.74, 6) is -1.05. The number of rotatable bonds is 4. The molecule has 10 nitrogen and oxygen atoms in total. The summed E-state index contributed by atoms with van der Waals surface area (Å²) in [6.45, 7) is 5.69. The van der Waals surface area contributed by atoms with Gasteiger partial charge in [-0.05, 0) is 45.7 Å². The fourth-order valence-electron chi connectivity index (χ4n) is 4.79. The van der Waals surface area contributed by atoms with Crippen molar-refractivity contribution in [1.29, 1.82) is 0 Å². The molecule has 0 saturated carbocycles. The number of piperidine rings is 1. The number of amides is 3. The van der Waals surface area contributed by atoms with E-state index in [4.69, 9.17) is 4.74 Å². The van der Waals surface area contributed by atoms with Crippen LogP contribution in [0.1, 0.15) is 39.3 Å². The summed E-state index contributed by atoms with van der Waals surface area (Å²) in [4.78, 5) is 44.0. The van der Waals surface area contributed by atoms with Crippen LogP contribution in [0.15, 0.2) is 36.4 Å². The van der Waals surface area contributed by atoms with Gasteiger partial charge in [0.1, 0.15) is 23.5 Å². The van der Waals surface area contributed by atoms with Gasteiger partial charge in [-0.1, -0.05) is 18.2 Å². The number of nitrogens with zero attached hydrogens (tertiary/aromatic N) is 5. The normalized spacial score (nSPS) is 17.8. The molecule has 0 unspecified atom stereocenters. The van der Waals surface area contributed by atoms with E-state index in [0.29, 0.717) is 25.9 Å². The monoisotopic (exact) mass is 536 g/mol. The summed E-state index contributed by atoms with van der Waals surface area (Å²) in [5.41, 5.74) is -1.96. The summed E-state index contributed by atoms with van der Waals surface area (Å²) in [5, 5.41) is 5.81. The van der Waals surface area contributed by atoms with Crippen molar-refractivity contribution in [2.24, 2.45) is 7.05 Å². The highest BCUT2D eigenvalue weighted by Gasteiger charge is 2.54. The molecule has 1 N–H and O–H groups in total. The van der Waals surface area contributed by atoms with Crippen molar-refractivity contribution >= 4 is 29.4 Å². The third-order valence-corrected chi connectivity index (χ3v) is 6.60. The van der Waals surface area contributed by atoms with Gasteiger partial charge in [0.15, 0.2) is 5.69 Å². The first-order chi connectivity index (χ1) is 17.7. The number of anilines is 2. The van der Waals surface area contributed by atoms with Crippen molar-refractivity contribution in [3.8, 4) is 0 Å². The van der Waals surface area contributed by atoms with Crippen molar-refractivity contribution in [1.82, 2.24) is 19.6 Å². The molecule has 206 valence electrons. The van der Waals surface area contributed by atoms with Crippen molar-refractivity contribution in [3.05, 3.63) is 42.1 Å². The van der Waals surface area contributed by atoms with Gasteiger partial charge in [0.2, 0.25) is 5.91 Å². The molecule has 2 aromatic rings. The molecule has 1 aromatic heterocycles. The maximum absolute atomic E-state index is 13.8. The molecule has 13 heteroatoms. The minimum atomic E-state index is -4.65. The molecular formula is C25H31F3N6O4. The number of hydrogen-bond acceptors (Lipinski definition) is 6. The number of nitrogens with one attached hydrogen (secondary N) is 1. The van der Waals surface area contributed by atoms with Gasteiger partial charge in [-0.2, -0.15) is 18.3 Å². The second-order valence-corrected chi connectivity index (χ2v) is 10.5. The summed E-state index contributed by atoms with van der Waals surface area (Å²) >= 11 is 0. The Bertz CT molecular complexity index is 1200. The Morgan fingerprint density at radius 1 is 1.11 bits per heavy atom. The van der Waals surface area contributed by atoms with Gasteiger partial charge in [-0.25, -0.2) is 4.79 Å². The van der Waals surface area contributed by atoms with Crippen molar-refractivity contribution in [2.75, 3.05) is 36.5 Å². The average molecular weight is 537 g/mol. The van der Waals surface area contributed by atoms with Gasteiger partial charge in [-0.3, -0.25) is 14.3 Å². The highest BCUT2D eigenvalue weighted by Crippen LogP contribution is 2.39. The van der Waals surface area contributed by atoms with E-state index in [1.807, 2.05) is 35.2 Å². The molecule has 1 aromatic carbocycles. The standard InChI is InChI=1S/C25H31F3N6O4/c1-23(2,3)38-22(37)32-12-10-24(11-13-32)21(36)33(16-34(24)17-8-6-5-7-9-17)15-20(35)29-19-14-18(25(26,27)28)30-31(19)4/h5-9,14H,10-13,15-16H2,1-4H3,(H,29,35). The fourth-order valence-corrected chi connectivity index (χ4v) is 4.79. The zero-order valence-electron chi connectivity index (χ0n) is 21.7. The van der Waals surface area contributed by atoms with Crippen molar-refractivity contribution in [3.63, 3.8) is 0 Å². The lowest BCUT2D eigenvalue weighted by Crippen LogP contribution is -2.57. The van der Waals surface area contributed by atoms with Crippen LogP contribution < -0.4 is 10.2 Å². The van der Waals surface area contributed by atoms with Gasteiger partial charge in [0.25, 0.3) is 5.91 Å². The molecule has 0 radical (unpaired) electrons. The zero-order chi connectivity index (χ0) is 27.9. The van der Waals surface area contributed by atoms with Crippen LogP contribution in [0.5, 0.6) is 0 Å². The molecule has 0 bridgehead atoms. The van der Waals surface area contributed by atoms with E-state index >= 15 is 0 Å². The molecule has 3 amide bonds. The predicted molar refractivity (Wildman–Crippen MR) is 132 cm³/mol. The average Bonchev–Trinajstić information content (AvgIpc) is 3.32. The van der Waals surface area contributed by atoms with Crippen LogP contribution in [-0.2, 0) is 27.5 Å². The highest BCUT2D eigenvalue weighted by atomic mass is 19.4. The second kappa shape index (κ2) is 9.84. The number of ether oxygens (including phenoxy) is 1. The summed E-state index contributed by atoms with van der Waals surface area (Å²) in [6, 6.07) is 10.0. The van der Waals surface area contributed by atoms with E-state index in [9.17, 15) is 27.6 Å². The number of aromatic nitrogens is 2. The molecule has 4 rings (SSSR count). The first-order valence-corrected chi connectivity index (χ1v) is 12.2. The maximum Gasteiger partial charge on any atom is 0.435 e. The van der Waals surface area contributed by atoms with Gasteiger partial charge in [0.05, 0.1) is 6.67 Å². The number of alkyl halides is 3. The van der Waals surface area contributed by atoms with Crippen LogP contribution in [0, 0.1) is 0 Å². The Morgan fingerprint density at radius 2 is 1.74 bits per heavy atom. The number of hydrogen-bond donors (Lipinski definition) is 1. The number of para-hydroxylation sites is 1. The third-order valence-electron chi connectivity index (χ3n) is 6.60. The quantitative estimate of drug-likeness (QED) is 0.643. The van der Waals surface area contributed by atoms with E-state index in [0.717, 1.165) is 16.4 Å².